The second-order valence-electron chi connectivity index (χ2n) is 18.3. The van der Waals surface area contributed by atoms with E-state index in [0.29, 0.717) is 11.8 Å². The first-order valence-corrected chi connectivity index (χ1v) is 29.0. The van der Waals surface area contributed by atoms with Crippen molar-refractivity contribution in [2.24, 2.45) is 0 Å². The number of nitrogens with zero attached hydrogens (tertiary/aromatic N) is 3. The Kier molecular flexibility index (Phi) is 11.0. The van der Waals surface area contributed by atoms with E-state index >= 15 is 0 Å². The van der Waals surface area contributed by atoms with Crippen molar-refractivity contribution < 1.29 is 30.0 Å². The van der Waals surface area contributed by atoms with Gasteiger partial charge in [-0.25, -0.2) is 0 Å². The molecule has 63 heavy (non-hydrogen) atoms. The third-order valence-corrected chi connectivity index (χ3v) is 16.2. The molecule has 3 aromatic heterocycles. The zero-order chi connectivity index (χ0) is 46.9. The molecule has 0 spiro atoms. The van der Waals surface area contributed by atoms with Crippen molar-refractivity contribution in [3.63, 3.8) is 0 Å². The molecule has 0 aliphatic carbocycles. The first-order valence-electron chi connectivity index (χ1n) is 23.6. The minimum absolute atomic E-state index is 0. The maximum atomic E-state index is 8.49. The summed E-state index contributed by atoms with van der Waals surface area (Å²) in [5, 5.41) is 6.99. The first kappa shape index (κ1) is 39.3. The van der Waals surface area contributed by atoms with Crippen LogP contribution in [0, 0.1) is 19.0 Å². The number of fused-ring (bicyclic) bond motifs is 8. The Hall–Kier alpha value is -5.33. The van der Waals surface area contributed by atoms with Gasteiger partial charge in [-0.2, -0.15) is 0 Å². The number of rotatable bonds is 7. The molecule has 6 heteroatoms. The van der Waals surface area contributed by atoms with Crippen LogP contribution >= 0.6 is 0 Å². The summed E-state index contributed by atoms with van der Waals surface area (Å²) in [5.41, 5.74) is 11.4. The van der Waals surface area contributed by atoms with Gasteiger partial charge in [-0.1, -0.05) is 112 Å². The van der Waals surface area contributed by atoms with E-state index in [0.717, 1.165) is 66.6 Å². The number of imidazole rings is 1. The molecule has 0 saturated heterocycles. The van der Waals surface area contributed by atoms with Gasteiger partial charge in [0.2, 0.25) is 0 Å². The van der Waals surface area contributed by atoms with Gasteiger partial charge in [0.05, 0.1) is 22.4 Å². The summed E-state index contributed by atoms with van der Waals surface area (Å²) in [7, 11) is 0. The van der Waals surface area contributed by atoms with Crippen LogP contribution in [0.4, 0.5) is 0 Å². The molecule has 0 amide bonds. The van der Waals surface area contributed by atoms with Gasteiger partial charge in [-0.05, 0) is 51.3 Å². The van der Waals surface area contributed by atoms with E-state index in [4.69, 9.17) is 14.9 Å². The van der Waals surface area contributed by atoms with Crippen LogP contribution in [-0.2, 0) is 20.1 Å². The van der Waals surface area contributed by atoms with Crippen LogP contribution in [0.5, 0.6) is 0 Å². The van der Waals surface area contributed by atoms with Gasteiger partial charge >= 0.3 is 131 Å². The molecule has 0 fully saturated rings. The molecule has 0 aliphatic heterocycles. The van der Waals surface area contributed by atoms with Crippen LogP contribution in [0.1, 0.15) is 87.0 Å². The van der Waals surface area contributed by atoms with E-state index in [2.05, 4.69) is 164 Å². The van der Waals surface area contributed by atoms with E-state index in [1.807, 2.05) is 32.2 Å². The third kappa shape index (κ3) is 8.32. The van der Waals surface area contributed by atoms with E-state index in [1.165, 1.54) is 43.4 Å². The van der Waals surface area contributed by atoms with E-state index in [1.54, 1.807) is 12.1 Å². The first-order chi connectivity index (χ1) is 31.3. The maximum absolute atomic E-state index is 8.49. The van der Waals surface area contributed by atoms with Gasteiger partial charge < -0.3 is 8.98 Å². The molecular formula is C57H55GeIrN3O-2. The van der Waals surface area contributed by atoms with Crippen LogP contribution in [0.3, 0.4) is 0 Å². The molecule has 0 unspecified atom stereocenters. The predicted octanol–water partition coefficient (Wildman–Crippen LogP) is 15.5. The molecule has 7 aromatic carbocycles. The fourth-order valence-electron chi connectivity index (χ4n) is 8.80. The van der Waals surface area contributed by atoms with Gasteiger partial charge in [-0.15, -0.1) is 23.8 Å². The van der Waals surface area contributed by atoms with Gasteiger partial charge in [0.1, 0.15) is 5.58 Å². The molecule has 4 nitrogen and oxygen atoms in total. The monoisotopic (exact) mass is 1070 g/mol. The number of hydrogen-bond acceptors (Lipinski definition) is 3. The van der Waals surface area contributed by atoms with Gasteiger partial charge in [0.25, 0.3) is 0 Å². The summed E-state index contributed by atoms with van der Waals surface area (Å²) in [6, 6.07) is 50.1. The Bertz CT molecular complexity index is 3420. The zero-order valence-corrected chi connectivity index (χ0v) is 41.9. The second kappa shape index (κ2) is 17.7. The predicted molar refractivity (Wildman–Crippen MR) is 266 cm³/mol. The van der Waals surface area contributed by atoms with Crippen LogP contribution in [0.25, 0.3) is 82.8 Å². The summed E-state index contributed by atoms with van der Waals surface area (Å²) in [6.07, 6.45) is 1.91. The molecule has 0 bridgehead atoms. The minimum Gasteiger partial charge on any atom is 0 e. The van der Waals surface area contributed by atoms with Crippen molar-refractivity contribution >= 4 is 72.2 Å². The van der Waals surface area contributed by atoms with Crippen LogP contribution in [-0.4, -0.2) is 27.8 Å². The van der Waals surface area contributed by atoms with Crippen LogP contribution < -0.4 is 4.40 Å². The number of benzene rings is 7. The molecule has 3 heterocycles. The van der Waals surface area contributed by atoms with Crippen LogP contribution in [0.15, 0.2) is 138 Å². The van der Waals surface area contributed by atoms with Crippen molar-refractivity contribution in [3.05, 3.63) is 168 Å². The van der Waals surface area contributed by atoms with Gasteiger partial charge in [0, 0.05) is 36.6 Å². The number of furan rings is 1. The molecular weight excluding hydrogens is 1010 g/mol. The maximum Gasteiger partial charge on any atom is 0 e. The fourth-order valence-corrected chi connectivity index (χ4v) is 12.1. The SMILES string of the molecule is CC(C)c1cccc(C(C)C)c1-n1c(-c2[c-]cc3oc4c(ccc5c6ccccc6ccc54)c3c2)nc2ccccc21.[2H]C([2H])([2H])c1c[c-]c(-c2cc(C([2H])(C)C)[c]([Ge]([CH3])([CH3])[CH3])cn2)cc1.[Ir]. The number of aromatic nitrogens is 3. The van der Waals surface area contributed by atoms with E-state index < -0.39 is 26.0 Å². The van der Waals surface area contributed by atoms with Crippen molar-refractivity contribution in [3.8, 4) is 28.3 Å². The summed E-state index contributed by atoms with van der Waals surface area (Å²) < 4.78 is 40.9. The molecule has 0 saturated carbocycles. The molecule has 10 rings (SSSR count). The third-order valence-electron chi connectivity index (χ3n) is 12.0. The molecule has 0 N–H and O–H groups in total. The van der Waals surface area contributed by atoms with Crippen LogP contribution in [0.2, 0.25) is 17.3 Å². The standard InChI is InChI=1S/C39H31N2O.C18H24GeN.Ir/c1-23(2)27-12-9-13-28(24(3)4)37(27)41-35-15-8-7-14-34(35)40-39(41)26-17-21-36-33(22-26)32-20-19-30-29-11-6-5-10-25(29)16-18-31(30)38(32)42-36;1-13(2)16-11-18(15-9-7-14(3)8-10-15)20-12-17(16)19(4,5)6;/h5-16,18-24H,1-4H3;7-9,11-13H,1-6H3;/q2*-1;/i;3D3,13D;. The average Bonchev–Trinajstić information content (AvgIpc) is 3.86. The number of para-hydroxylation sites is 3. The van der Waals surface area contributed by atoms with Crippen molar-refractivity contribution in [1.29, 1.82) is 0 Å². The summed E-state index contributed by atoms with van der Waals surface area (Å²) >= 11 is -2.14. The Labute approximate surface area is 394 Å². The number of pyridine rings is 1. The van der Waals surface area contributed by atoms with E-state index in [9.17, 15) is 0 Å². The van der Waals surface area contributed by atoms with Crippen molar-refractivity contribution in [1.82, 2.24) is 14.5 Å². The van der Waals surface area contributed by atoms with E-state index in [-0.39, 0.29) is 25.7 Å². The zero-order valence-electron chi connectivity index (χ0n) is 41.4. The molecule has 0 atom stereocenters. The number of hydrogen-bond donors (Lipinski definition) is 0. The minimum atomic E-state index is -2.14. The summed E-state index contributed by atoms with van der Waals surface area (Å²) in [5.74, 6) is 7.80. The van der Waals surface area contributed by atoms with Gasteiger partial charge in [0.15, 0.2) is 0 Å². The average molecular weight is 1070 g/mol. The molecule has 319 valence electrons. The Morgan fingerprint density at radius 1 is 0.667 bits per heavy atom. The summed E-state index contributed by atoms with van der Waals surface area (Å²) in [4.78, 5) is 9.79. The molecule has 10 aromatic rings. The van der Waals surface area contributed by atoms with Crippen molar-refractivity contribution in [2.45, 2.75) is 83.4 Å². The largest absolute Gasteiger partial charge is 0 e. The topological polar surface area (TPSA) is 43.9 Å². The molecule has 0 aliphatic rings. The Morgan fingerprint density at radius 3 is 2.05 bits per heavy atom. The smallest absolute Gasteiger partial charge is 0 e. The summed E-state index contributed by atoms with van der Waals surface area (Å²) in [6.45, 7) is 10.7. The van der Waals surface area contributed by atoms with Gasteiger partial charge in [-0.3, -0.25) is 4.98 Å². The fraction of sp³-hybridized carbons (Fsp3) is 0.228. The number of aryl methyl sites for hydroxylation is 1. The normalized spacial score (nSPS) is 13.3. The Balaban J connectivity index is 0.000000209. The quantitative estimate of drug-likeness (QED) is 0.0907. The Morgan fingerprint density at radius 2 is 1.35 bits per heavy atom. The molecule has 1 radical (unpaired) electrons. The second-order valence-corrected chi connectivity index (χ2v) is 28.8. The van der Waals surface area contributed by atoms with Crippen molar-refractivity contribution in [2.75, 3.05) is 0 Å².